The van der Waals surface area contributed by atoms with E-state index in [9.17, 15) is 21.6 Å². The lowest BCUT2D eigenvalue weighted by molar-refractivity contribution is -0.137. The van der Waals surface area contributed by atoms with E-state index in [0.717, 1.165) is 12.1 Å². The van der Waals surface area contributed by atoms with Crippen molar-refractivity contribution in [3.8, 4) is 16.3 Å². The molecule has 0 amide bonds. The molecular weight excluding hydrogens is 425 g/mol. The number of alkyl halides is 3. The molecule has 0 bridgehead atoms. The van der Waals surface area contributed by atoms with Gasteiger partial charge in [0.25, 0.3) is 0 Å². The number of hydrogen-bond donors (Lipinski definition) is 0. The first-order valence-electron chi connectivity index (χ1n) is 8.33. The largest absolute Gasteiger partial charge is 0.497 e. The first kappa shape index (κ1) is 21.3. The average molecular weight is 442 g/mol. The summed E-state index contributed by atoms with van der Waals surface area (Å²) in [5.74, 6) is 0.548. The molecule has 0 fully saturated rings. The zero-order valence-corrected chi connectivity index (χ0v) is 17.1. The number of halogens is 3. The molecule has 3 aromatic rings. The van der Waals surface area contributed by atoms with Crippen LogP contribution in [0.5, 0.6) is 5.75 Å². The maximum Gasteiger partial charge on any atom is 0.416 e. The molecule has 0 saturated heterocycles. The molecule has 0 aliphatic heterocycles. The standard InChI is InChI=1S/C19H17F3N2O3S2/c1-24(29(25,26)17-9-7-16(27-2)8-10-17)11-15-12-28-18(23-15)13-3-5-14(6-4-13)19(20,21)22/h3-10,12H,11H2,1-2H3. The number of aromatic nitrogens is 1. The topological polar surface area (TPSA) is 59.5 Å². The van der Waals surface area contributed by atoms with Crippen molar-refractivity contribution in [1.82, 2.24) is 9.29 Å². The lowest BCUT2D eigenvalue weighted by atomic mass is 10.1. The predicted octanol–water partition coefficient (Wildman–Crippen LogP) is 4.66. The minimum atomic E-state index is -4.40. The van der Waals surface area contributed by atoms with E-state index in [2.05, 4.69) is 4.98 Å². The predicted molar refractivity (Wildman–Crippen MR) is 104 cm³/mol. The Hall–Kier alpha value is -2.43. The fourth-order valence-electron chi connectivity index (χ4n) is 2.55. The molecule has 1 heterocycles. The van der Waals surface area contributed by atoms with Gasteiger partial charge in [-0.3, -0.25) is 0 Å². The van der Waals surface area contributed by atoms with Crippen LogP contribution in [0, 0.1) is 0 Å². The first-order chi connectivity index (χ1) is 13.6. The summed E-state index contributed by atoms with van der Waals surface area (Å²) in [7, 11) is -0.789. The summed E-state index contributed by atoms with van der Waals surface area (Å²) < 4.78 is 69.6. The van der Waals surface area contributed by atoms with Crippen molar-refractivity contribution in [1.29, 1.82) is 0 Å². The third-order valence-electron chi connectivity index (χ3n) is 4.16. The van der Waals surface area contributed by atoms with Gasteiger partial charge >= 0.3 is 6.18 Å². The molecule has 0 atom stereocenters. The Morgan fingerprint density at radius 3 is 2.24 bits per heavy atom. The van der Waals surface area contributed by atoms with Gasteiger partial charge in [0, 0.05) is 18.0 Å². The third-order valence-corrected chi connectivity index (χ3v) is 6.92. The normalized spacial score (nSPS) is 12.3. The summed E-state index contributed by atoms with van der Waals surface area (Å²) in [4.78, 5) is 4.48. The van der Waals surface area contributed by atoms with Crippen LogP contribution in [0.25, 0.3) is 10.6 Å². The summed E-state index contributed by atoms with van der Waals surface area (Å²) in [6, 6.07) is 10.7. The minimum absolute atomic E-state index is 0.0332. The van der Waals surface area contributed by atoms with Crippen LogP contribution in [0.2, 0.25) is 0 Å². The Morgan fingerprint density at radius 1 is 1.07 bits per heavy atom. The van der Waals surface area contributed by atoms with Gasteiger partial charge in [-0.1, -0.05) is 12.1 Å². The molecule has 0 aliphatic rings. The molecule has 3 rings (SSSR count). The van der Waals surface area contributed by atoms with Gasteiger partial charge in [-0.2, -0.15) is 17.5 Å². The smallest absolute Gasteiger partial charge is 0.416 e. The third kappa shape index (κ3) is 4.77. The molecule has 29 heavy (non-hydrogen) atoms. The van der Waals surface area contributed by atoms with Crippen molar-refractivity contribution in [3.63, 3.8) is 0 Å². The molecule has 0 radical (unpaired) electrons. The maximum atomic E-state index is 12.7. The van der Waals surface area contributed by atoms with Crippen molar-refractivity contribution in [3.05, 3.63) is 65.2 Å². The number of rotatable bonds is 6. The van der Waals surface area contributed by atoms with Gasteiger partial charge in [-0.15, -0.1) is 11.3 Å². The van der Waals surface area contributed by atoms with Gasteiger partial charge in [0.05, 0.1) is 29.8 Å². The molecule has 2 aromatic carbocycles. The number of benzene rings is 2. The molecule has 0 spiro atoms. The molecule has 5 nitrogen and oxygen atoms in total. The van der Waals surface area contributed by atoms with Crippen LogP contribution in [-0.2, 0) is 22.7 Å². The van der Waals surface area contributed by atoms with Crippen molar-refractivity contribution in [2.45, 2.75) is 17.6 Å². The zero-order valence-electron chi connectivity index (χ0n) is 15.5. The van der Waals surface area contributed by atoms with E-state index in [1.807, 2.05) is 0 Å². The quantitative estimate of drug-likeness (QED) is 0.557. The number of thiazole rings is 1. The van der Waals surface area contributed by atoms with Crippen molar-refractivity contribution >= 4 is 21.4 Å². The van der Waals surface area contributed by atoms with E-state index in [1.165, 1.54) is 54.1 Å². The van der Waals surface area contributed by atoms with Gasteiger partial charge in [-0.05, 0) is 36.4 Å². The highest BCUT2D eigenvalue weighted by molar-refractivity contribution is 7.89. The fraction of sp³-hybridized carbons (Fsp3) is 0.211. The van der Waals surface area contributed by atoms with Gasteiger partial charge in [0.15, 0.2) is 0 Å². The summed E-state index contributed by atoms with van der Waals surface area (Å²) in [5.41, 5.74) is 0.308. The molecule has 0 unspecified atom stereocenters. The van der Waals surface area contributed by atoms with Crippen molar-refractivity contribution in [2.75, 3.05) is 14.2 Å². The highest BCUT2D eigenvalue weighted by Gasteiger charge is 2.30. The fourth-order valence-corrected chi connectivity index (χ4v) is 4.51. The van der Waals surface area contributed by atoms with Gasteiger partial charge in [0.2, 0.25) is 10.0 Å². The first-order valence-corrected chi connectivity index (χ1v) is 10.7. The number of hydrogen-bond acceptors (Lipinski definition) is 5. The Labute approximate surface area is 170 Å². The van der Waals surface area contributed by atoms with E-state index in [1.54, 1.807) is 17.5 Å². The Bertz CT molecular complexity index is 1080. The summed E-state index contributed by atoms with van der Waals surface area (Å²) >= 11 is 1.24. The van der Waals surface area contributed by atoms with E-state index in [-0.39, 0.29) is 11.4 Å². The molecule has 10 heteroatoms. The number of nitrogens with zero attached hydrogens (tertiary/aromatic N) is 2. The van der Waals surface area contributed by atoms with Crippen LogP contribution in [-0.4, -0.2) is 31.9 Å². The van der Waals surface area contributed by atoms with Gasteiger partial charge in [0.1, 0.15) is 10.8 Å². The van der Waals surface area contributed by atoms with Crippen LogP contribution in [0.15, 0.2) is 58.8 Å². The van der Waals surface area contributed by atoms with Crippen LogP contribution in [0.3, 0.4) is 0 Å². The molecule has 1 aromatic heterocycles. The Kier molecular flexibility index (Phi) is 5.97. The second-order valence-electron chi connectivity index (χ2n) is 6.16. The molecule has 0 aliphatic carbocycles. The number of sulfonamides is 1. The second-order valence-corrected chi connectivity index (χ2v) is 9.06. The van der Waals surface area contributed by atoms with Gasteiger partial charge in [-0.25, -0.2) is 13.4 Å². The summed E-state index contributed by atoms with van der Waals surface area (Å²) in [5, 5.41) is 2.21. The summed E-state index contributed by atoms with van der Waals surface area (Å²) in [6.45, 7) is 0.0332. The van der Waals surface area contributed by atoms with Crippen molar-refractivity contribution in [2.24, 2.45) is 0 Å². The van der Waals surface area contributed by atoms with E-state index in [4.69, 9.17) is 4.74 Å². The number of ether oxygens (including phenoxy) is 1. The lowest BCUT2D eigenvalue weighted by Gasteiger charge is -2.16. The highest BCUT2D eigenvalue weighted by atomic mass is 32.2. The molecule has 0 saturated carbocycles. The van der Waals surface area contributed by atoms with Crippen LogP contribution < -0.4 is 4.74 Å². The second kappa shape index (κ2) is 8.13. The average Bonchev–Trinajstić information content (AvgIpc) is 3.16. The minimum Gasteiger partial charge on any atom is -0.497 e. The molecular formula is C19H17F3N2O3S2. The summed E-state index contributed by atoms with van der Waals surface area (Å²) in [6.07, 6.45) is -4.40. The van der Waals surface area contributed by atoms with Gasteiger partial charge < -0.3 is 4.74 Å². The Balaban J connectivity index is 1.75. The highest BCUT2D eigenvalue weighted by Crippen LogP contribution is 2.32. The van der Waals surface area contributed by atoms with Crippen LogP contribution in [0.4, 0.5) is 13.2 Å². The maximum absolute atomic E-state index is 12.7. The zero-order chi connectivity index (χ0) is 21.2. The SMILES string of the molecule is COc1ccc(S(=O)(=O)N(C)Cc2csc(-c3ccc(C(F)(F)F)cc3)n2)cc1. The Morgan fingerprint density at radius 2 is 1.69 bits per heavy atom. The molecule has 0 N–H and O–H groups in total. The van der Waals surface area contributed by atoms with Crippen molar-refractivity contribution < 1.29 is 26.3 Å². The lowest BCUT2D eigenvalue weighted by Crippen LogP contribution is -2.26. The number of methoxy groups -OCH3 is 1. The van der Waals surface area contributed by atoms with E-state index >= 15 is 0 Å². The van der Waals surface area contributed by atoms with E-state index < -0.39 is 21.8 Å². The van der Waals surface area contributed by atoms with Crippen LogP contribution >= 0.6 is 11.3 Å². The monoisotopic (exact) mass is 442 g/mol. The van der Waals surface area contributed by atoms with Crippen LogP contribution in [0.1, 0.15) is 11.3 Å². The molecule has 154 valence electrons. The van der Waals surface area contributed by atoms with E-state index in [0.29, 0.717) is 22.0 Å².